The summed E-state index contributed by atoms with van der Waals surface area (Å²) in [5.74, 6) is -0.205. The maximum Gasteiger partial charge on any atom is 0.251 e. The van der Waals surface area contributed by atoms with Gasteiger partial charge in [-0.05, 0) is 41.3 Å². The predicted molar refractivity (Wildman–Crippen MR) is 89.9 cm³/mol. The molecule has 1 aromatic carbocycles. The van der Waals surface area contributed by atoms with Gasteiger partial charge < -0.3 is 5.32 Å². The van der Waals surface area contributed by atoms with Crippen molar-refractivity contribution in [1.29, 1.82) is 5.26 Å². The van der Waals surface area contributed by atoms with Crippen LogP contribution in [0.3, 0.4) is 0 Å². The van der Waals surface area contributed by atoms with Crippen LogP contribution in [0.25, 0.3) is 10.6 Å². The zero-order valence-corrected chi connectivity index (χ0v) is 13.0. The number of thiophene rings is 1. The maximum atomic E-state index is 12.2. The molecule has 4 nitrogen and oxygen atoms in total. The second-order valence-corrected chi connectivity index (χ2v) is 5.81. The number of carbonyl (C=O) groups is 1. The van der Waals surface area contributed by atoms with E-state index in [1.165, 1.54) is 0 Å². The van der Waals surface area contributed by atoms with Gasteiger partial charge in [0.25, 0.3) is 5.91 Å². The number of rotatable bonds is 4. The summed E-state index contributed by atoms with van der Waals surface area (Å²) in [6.45, 7) is 0.386. The smallest absolute Gasteiger partial charge is 0.251 e. The molecule has 3 aromatic rings. The van der Waals surface area contributed by atoms with E-state index < -0.39 is 0 Å². The number of benzene rings is 1. The molecule has 5 heteroatoms. The molecule has 0 bridgehead atoms. The van der Waals surface area contributed by atoms with Crippen molar-refractivity contribution in [2.45, 2.75) is 6.54 Å². The highest BCUT2D eigenvalue weighted by atomic mass is 32.1. The highest BCUT2D eigenvalue weighted by Gasteiger charge is 2.10. The van der Waals surface area contributed by atoms with Crippen molar-refractivity contribution in [2.75, 3.05) is 0 Å². The van der Waals surface area contributed by atoms with Crippen LogP contribution in [0.4, 0.5) is 0 Å². The molecule has 2 heterocycles. The number of nitrogens with zero attached hydrogens (tertiary/aromatic N) is 2. The average molecular weight is 319 g/mol. The number of amides is 1. The Kier molecular flexibility index (Phi) is 4.46. The highest BCUT2D eigenvalue weighted by molar-refractivity contribution is 7.13. The molecule has 1 N–H and O–H groups in total. The third-order valence-electron chi connectivity index (χ3n) is 3.34. The zero-order valence-electron chi connectivity index (χ0n) is 12.2. The van der Waals surface area contributed by atoms with Crippen LogP contribution in [0.5, 0.6) is 0 Å². The molecule has 0 saturated heterocycles. The van der Waals surface area contributed by atoms with E-state index in [9.17, 15) is 4.79 Å². The summed E-state index contributed by atoms with van der Waals surface area (Å²) in [6.07, 6.45) is 1.75. The quantitative estimate of drug-likeness (QED) is 0.799. The molecule has 0 spiro atoms. The van der Waals surface area contributed by atoms with Crippen molar-refractivity contribution in [2.24, 2.45) is 0 Å². The molecule has 0 atom stereocenters. The number of carbonyl (C=O) groups excluding carboxylic acids is 1. The summed E-state index contributed by atoms with van der Waals surface area (Å²) < 4.78 is 0. The second kappa shape index (κ2) is 6.86. The average Bonchev–Trinajstić information content (AvgIpc) is 3.14. The van der Waals surface area contributed by atoms with Crippen molar-refractivity contribution < 1.29 is 4.79 Å². The molecule has 0 aliphatic heterocycles. The molecule has 2 aromatic heterocycles. The Bertz CT molecular complexity index is 866. The topological polar surface area (TPSA) is 65.8 Å². The third-order valence-corrected chi connectivity index (χ3v) is 4.22. The summed E-state index contributed by atoms with van der Waals surface area (Å²) in [5.41, 5.74) is 2.79. The zero-order chi connectivity index (χ0) is 16.1. The summed E-state index contributed by atoms with van der Waals surface area (Å²) >= 11 is 1.61. The SMILES string of the molecule is N#Cc1cccc(C(=O)NCc2cccnc2-c2cccs2)c1. The van der Waals surface area contributed by atoms with Gasteiger partial charge in [0.15, 0.2) is 0 Å². The minimum absolute atomic E-state index is 0.205. The summed E-state index contributed by atoms with van der Waals surface area (Å²) in [7, 11) is 0. The van der Waals surface area contributed by atoms with Crippen LogP contribution in [-0.2, 0) is 6.54 Å². The van der Waals surface area contributed by atoms with Crippen LogP contribution >= 0.6 is 11.3 Å². The van der Waals surface area contributed by atoms with E-state index in [1.54, 1.807) is 41.8 Å². The lowest BCUT2D eigenvalue weighted by Crippen LogP contribution is -2.23. The van der Waals surface area contributed by atoms with E-state index in [2.05, 4.69) is 10.3 Å². The van der Waals surface area contributed by atoms with Crippen LogP contribution in [-0.4, -0.2) is 10.9 Å². The van der Waals surface area contributed by atoms with Crippen molar-refractivity contribution in [1.82, 2.24) is 10.3 Å². The lowest BCUT2D eigenvalue weighted by molar-refractivity contribution is 0.0951. The van der Waals surface area contributed by atoms with Gasteiger partial charge in [-0.25, -0.2) is 0 Å². The van der Waals surface area contributed by atoms with Gasteiger partial charge in [0.2, 0.25) is 0 Å². The number of pyridine rings is 1. The normalized spacial score (nSPS) is 10.0. The third kappa shape index (κ3) is 3.44. The molecule has 112 valence electrons. The molecule has 0 aliphatic rings. The van der Waals surface area contributed by atoms with Gasteiger partial charge in [0.1, 0.15) is 0 Å². The first-order valence-corrected chi connectivity index (χ1v) is 7.92. The fraction of sp³-hybridized carbons (Fsp3) is 0.0556. The maximum absolute atomic E-state index is 12.2. The molecular formula is C18H13N3OS. The predicted octanol–water partition coefficient (Wildman–Crippen LogP) is 3.61. The van der Waals surface area contributed by atoms with Gasteiger partial charge in [-0.3, -0.25) is 9.78 Å². The lowest BCUT2D eigenvalue weighted by atomic mass is 10.1. The Balaban J connectivity index is 1.76. The number of aromatic nitrogens is 1. The van der Waals surface area contributed by atoms with Crippen LogP contribution in [0, 0.1) is 11.3 Å². The van der Waals surface area contributed by atoms with Gasteiger partial charge in [-0.1, -0.05) is 18.2 Å². The number of hydrogen-bond donors (Lipinski definition) is 1. The molecule has 0 aliphatic carbocycles. The molecule has 3 rings (SSSR count). The van der Waals surface area contributed by atoms with E-state index in [0.29, 0.717) is 17.7 Å². The Labute approximate surface area is 138 Å². The van der Waals surface area contributed by atoms with E-state index in [-0.39, 0.29) is 5.91 Å². The minimum Gasteiger partial charge on any atom is -0.348 e. The van der Waals surface area contributed by atoms with Crippen LogP contribution < -0.4 is 5.32 Å². The van der Waals surface area contributed by atoms with E-state index in [4.69, 9.17) is 5.26 Å². The van der Waals surface area contributed by atoms with Gasteiger partial charge >= 0.3 is 0 Å². The van der Waals surface area contributed by atoms with Crippen molar-refractivity contribution in [3.63, 3.8) is 0 Å². The Hall–Kier alpha value is -2.97. The fourth-order valence-corrected chi connectivity index (χ4v) is 2.98. The van der Waals surface area contributed by atoms with Gasteiger partial charge in [0, 0.05) is 18.3 Å². The van der Waals surface area contributed by atoms with Crippen molar-refractivity contribution in [3.8, 4) is 16.6 Å². The molecule has 0 fully saturated rings. The molecule has 1 amide bonds. The van der Waals surface area contributed by atoms with E-state index in [1.807, 2.05) is 35.7 Å². The summed E-state index contributed by atoms with van der Waals surface area (Å²) in [4.78, 5) is 17.7. The Morgan fingerprint density at radius 2 is 2.13 bits per heavy atom. The second-order valence-electron chi connectivity index (χ2n) is 4.86. The number of nitriles is 1. The highest BCUT2D eigenvalue weighted by Crippen LogP contribution is 2.25. The van der Waals surface area contributed by atoms with Gasteiger partial charge in [-0.2, -0.15) is 5.26 Å². The number of hydrogen-bond acceptors (Lipinski definition) is 4. The Morgan fingerprint density at radius 3 is 2.91 bits per heavy atom. The van der Waals surface area contributed by atoms with E-state index >= 15 is 0 Å². The molecule has 23 heavy (non-hydrogen) atoms. The minimum atomic E-state index is -0.205. The number of nitrogens with one attached hydrogen (secondary N) is 1. The van der Waals surface area contributed by atoms with Crippen molar-refractivity contribution in [3.05, 3.63) is 76.8 Å². The molecule has 0 saturated carbocycles. The van der Waals surface area contributed by atoms with Crippen LogP contribution in [0.2, 0.25) is 0 Å². The standard InChI is InChI=1S/C18H13N3OS/c19-11-13-4-1-5-14(10-13)18(22)21-12-15-6-2-8-20-17(15)16-7-3-9-23-16/h1-10H,12H2,(H,21,22). The first-order valence-electron chi connectivity index (χ1n) is 7.04. The van der Waals surface area contributed by atoms with Gasteiger partial charge in [0.05, 0.1) is 22.2 Å². The lowest BCUT2D eigenvalue weighted by Gasteiger charge is -2.09. The van der Waals surface area contributed by atoms with Crippen LogP contribution in [0.15, 0.2) is 60.1 Å². The first-order chi connectivity index (χ1) is 11.3. The van der Waals surface area contributed by atoms with E-state index in [0.717, 1.165) is 16.1 Å². The molecule has 0 unspecified atom stereocenters. The van der Waals surface area contributed by atoms with Gasteiger partial charge in [-0.15, -0.1) is 11.3 Å². The first kappa shape index (κ1) is 14.9. The Morgan fingerprint density at radius 1 is 1.22 bits per heavy atom. The largest absolute Gasteiger partial charge is 0.348 e. The fourth-order valence-electron chi connectivity index (χ4n) is 2.22. The van der Waals surface area contributed by atoms with Crippen molar-refractivity contribution >= 4 is 17.2 Å². The molecular weight excluding hydrogens is 306 g/mol. The molecule has 0 radical (unpaired) electrons. The summed E-state index contributed by atoms with van der Waals surface area (Å²) in [5, 5.41) is 13.8. The summed E-state index contributed by atoms with van der Waals surface area (Å²) in [6, 6.07) is 16.5. The van der Waals surface area contributed by atoms with Crippen LogP contribution in [0.1, 0.15) is 21.5 Å². The monoisotopic (exact) mass is 319 g/mol.